The zero-order chi connectivity index (χ0) is 14.1. The minimum absolute atomic E-state index is 0.0867. The summed E-state index contributed by atoms with van der Waals surface area (Å²) < 4.78 is 79.7. The second kappa shape index (κ2) is 5.24. The molecule has 1 rings (SSSR count). The first-order valence-corrected chi connectivity index (χ1v) is 5.50. The molecular formula is C10H7F6IO. The van der Waals surface area contributed by atoms with Crippen LogP contribution in [0.4, 0.5) is 26.3 Å². The molecule has 0 aliphatic rings. The number of rotatable bonds is 2. The van der Waals surface area contributed by atoms with Crippen molar-refractivity contribution in [3.05, 3.63) is 34.9 Å². The first-order valence-electron chi connectivity index (χ1n) is 4.62. The van der Waals surface area contributed by atoms with E-state index in [1.165, 1.54) is 29.9 Å². The fourth-order valence-corrected chi connectivity index (χ4v) is 1.56. The molecule has 0 amide bonds. The van der Waals surface area contributed by atoms with Crippen molar-refractivity contribution in [2.24, 2.45) is 0 Å². The SMILES string of the molecule is C[C@@H](OI)c1cc(C(F)(F)F)cc(C(F)(F)F)c1. The molecule has 0 fully saturated rings. The van der Waals surface area contributed by atoms with Gasteiger partial charge in [0.15, 0.2) is 0 Å². The van der Waals surface area contributed by atoms with Crippen LogP contribution in [0.1, 0.15) is 29.7 Å². The van der Waals surface area contributed by atoms with E-state index in [4.69, 9.17) is 3.07 Å². The van der Waals surface area contributed by atoms with Crippen molar-refractivity contribution in [3.63, 3.8) is 0 Å². The molecule has 1 nitrogen and oxygen atoms in total. The third-order valence-electron chi connectivity index (χ3n) is 2.21. The molecule has 0 bridgehead atoms. The van der Waals surface area contributed by atoms with Gasteiger partial charge < -0.3 is 3.07 Å². The van der Waals surface area contributed by atoms with Gasteiger partial charge >= 0.3 is 12.4 Å². The molecular weight excluding hydrogens is 377 g/mol. The van der Waals surface area contributed by atoms with Crippen molar-refractivity contribution >= 4 is 23.0 Å². The van der Waals surface area contributed by atoms with Crippen LogP contribution in [0.2, 0.25) is 0 Å². The summed E-state index contributed by atoms with van der Waals surface area (Å²) in [5, 5.41) is 0. The lowest BCUT2D eigenvalue weighted by Gasteiger charge is -2.16. The smallest absolute Gasteiger partial charge is 0.308 e. The largest absolute Gasteiger partial charge is 0.416 e. The van der Waals surface area contributed by atoms with E-state index in [9.17, 15) is 26.3 Å². The van der Waals surface area contributed by atoms with Crippen LogP contribution in [0.15, 0.2) is 18.2 Å². The van der Waals surface area contributed by atoms with Gasteiger partial charge in [-0.3, -0.25) is 0 Å². The van der Waals surface area contributed by atoms with Crippen molar-refractivity contribution in [2.45, 2.75) is 25.4 Å². The number of alkyl halides is 6. The van der Waals surface area contributed by atoms with Gasteiger partial charge in [0.25, 0.3) is 0 Å². The lowest BCUT2D eigenvalue weighted by Crippen LogP contribution is -2.12. The van der Waals surface area contributed by atoms with Crippen molar-refractivity contribution in [1.82, 2.24) is 0 Å². The summed E-state index contributed by atoms with van der Waals surface area (Å²) >= 11 is 1.42. The van der Waals surface area contributed by atoms with Gasteiger partial charge in [0.05, 0.1) is 17.2 Å². The molecule has 0 N–H and O–H groups in total. The predicted octanol–water partition coefficient (Wildman–Crippen LogP) is 5.15. The van der Waals surface area contributed by atoms with Gasteiger partial charge in [0.1, 0.15) is 23.0 Å². The monoisotopic (exact) mass is 384 g/mol. The normalized spacial score (nSPS) is 14.7. The van der Waals surface area contributed by atoms with E-state index < -0.39 is 29.6 Å². The van der Waals surface area contributed by atoms with Crippen molar-refractivity contribution in [3.8, 4) is 0 Å². The molecule has 0 aliphatic heterocycles. The topological polar surface area (TPSA) is 9.23 Å². The molecule has 0 heterocycles. The Kier molecular flexibility index (Phi) is 4.52. The minimum Gasteiger partial charge on any atom is -0.308 e. The number of benzene rings is 1. The van der Waals surface area contributed by atoms with Crippen LogP contribution in [0.5, 0.6) is 0 Å². The summed E-state index contributed by atoms with van der Waals surface area (Å²) in [7, 11) is 0. The van der Waals surface area contributed by atoms with E-state index in [-0.39, 0.29) is 11.6 Å². The van der Waals surface area contributed by atoms with Crippen LogP contribution in [0.3, 0.4) is 0 Å². The Morgan fingerprint density at radius 2 is 1.33 bits per heavy atom. The highest BCUT2D eigenvalue weighted by molar-refractivity contribution is 14.1. The van der Waals surface area contributed by atoms with Crippen LogP contribution in [-0.4, -0.2) is 0 Å². The standard InChI is InChI=1S/C10H7F6IO/c1-5(18-17)6-2-7(9(11,12)13)4-8(3-6)10(14,15)16/h2-5H,1H3/t5-/m1/s1. The van der Waals surface area contributed by atoms with Gasteiger partial charge in [0, 0.05) is 0 Å². The highest BCUT2D eigenvalue weighted by Gasteiger charge is 2.37. The van der Waals surface area contributed by atoms with E-state index >= 15 is 0 Å². The average Bonchev–Trinajstić information content (AvgIpc) is 2.25. The van der Waals surface area contributed by atoms with Gasteiger partial charge in [-0.15, -0.1) is 0 Å². The Hall–Kier alpha value is -0.510. The number of hydrogen-bond donors (Lipinski definition) is 0. The van der Waals surface area contributed by atoms with E-state index in [0.717, 1.165) is 0 Å². The quantitative estimate of drug-likeness (QED) is 0.506. The molecule has 0 aliphatic carbocycles. The molecule has 1 aromatic carbocycles. The highest BCUT2D eigenvalue weighted by Crippen LogP contribution is 2.38. The van der Waals surface area contributed by atoms with Gasteiger partial charge in [-0.25, -0.2) is 0 Å². The highest BCUT2D eigenvalue weighted by atomic mass is 127. The Labute approximate surface area is 113 Å². The molecule has 0 spiro atoms. The Bertz CT molecular complexity index is 393. The summed E-state index contributed by atoms with van der Waals surface area (Å²) in [5.74, 6) is 0. The molecule has 1 aromatic rings. The molecule has 8 heteroatoms. The summed E-state index contributed by atoms with van der Waals surface area (Å²) in [4.78, 5) is 0. The Morgan fingerprint density at radius 3 is 1.61 bits per heavy atom. The molecule has 0 radical (unpaired) electrons. The third kappa shape index (κ3) is 3.74. The minimum atomic E-state index is -4.83. The van der Waals surface area contributed by atoms with Gasteiger partial charge in [-0.05, 0) is 30.7 Å². The third-order valence-corrected chi connectivity index (χ3v) is 2.98. The van der Waals surface area contributed by atoms with E-state index in [2.05, 4.69) is 0 Å². The van der Waals surface area contributed by atoms with Crippen LogP contribution in [0.25, 0.3) is 0 Å². The average molecular weight is 384 g/mol. The van der Waals surface area contributed by atoms with Gasteiger partial charge in [0.2, 0.25) is 0 Å². The van der Waals surface area contributed by atoms with E-state index in [1.807, 2.05) is 0 Å². The van der Waals surface area contributed by atoms with Gasteiger partial charge in [-0.2, -0.15) is 26.3 Å². The maximum absolute atomic E-state index is 12.5. The first kappa shape index (κ1) is 15.5. The molecule has 0 saturated carbocycles. The van der Waals surface area contributed by atoms with Crippen molar-refractivity contribution in [2.75, 3.05) is 0 Å². The molecule has 0 aromatic heterocycles. The molecule has 102 valence electrons. The molecule has 0 saturated heterocycles. The summed E-state index contributed by atoms with van der Waals surface area (Å²) in [6.45, 7) is 1.36. The Morgan fingerprint density at radius 1 is 0.944 bits per heavy atom. The summed E-state index contributed by atoms with van der Waals surface area (Å²) in [5.41, 5.74) is -2.85. The van der Waals surface area contributed by atoms with Crippen LogP contribution < -0.4 is 0 Å². The summed E-state index contributed by atoms with van der Waals surface area (Å²) in [6.07, 6.45) is -10.5. The fraction of sp³-hybridized carbons (Fsp3) is 0.400. The fourth-order valence-electron chi connectivity index (χ4n) is 1.27. The predicted molar refractivity (Wildman–Crippen MR) is 60.0 cm³/mol. The number of hydrogen-bond acceptors (Lipinski definition) is 1. The van der Waals surface area contributed by atoms with E-state index in [1.54, 1.807) is 0 Å². The van der Waals surface area contributed by atoms with Crippen LogP contribution in [0, 0.1) is 0 Å². The zero-order valence-electron chi connectivity index (χ0n) is 8.86. The first-order chi connectivity index (χ1) is 8.05. The Balaban J connectivity index is 3.39. The molecule has 0 unspecified atom stereocenters. The zero-order valence-corrected chi connectivity index (χ0v) is 11.0. The number of halogens is 7. The maximum atomic E-state index is 12.5. The second-order valence-electron chi connectivity index (χ2n) is 3.57. The van der Waals surface area contributed by atoms with Crippen LogP contribution >= 0.6 is 23.0 Å². The molecule has 18 heavy (non-hydrogen) atoms. The van der Waals surface area contributed by atoms with E-state index in [0.29, 0.717) is 12.1 Å². The lowest BCUT2D eigenvalue weighted by molar-refractivity contribution is -0.143. The lowest BCUT2D eigenvalue weighted by atomic mass is 10.0. The van der Waals surface area contributed by atoms with Crippen LogP contribution in [-0.2, 0) is 15.4 Å². The van der Waals surface area contributed by atoms with Gasteiger partial charge in [-0.1, -0.05) is 0 Å². The summed E-state index contributed by atoms with van der Waals surface area (Å²) in [6, 6.07) is 1.39. The molecule has 1 atom stereocenters. The second-order valence-corrected chi connectivity index (χ2v) is 4.08. The maximum Gasteiger partial charge on any atom is 0.416 e. The van der Waals surface area contributed by atoms with Crippen molar-refractivity contribution in [1.29, 1.82) is 0 Å². The van der Waals surface area contributed by atoms with Crippen molar-refractivity contribution < 1.29 is 29.4 Å².